The molecule has 0 aromatic carbocycles. The topological polar surface area (TPSA) is 40.5 Å². The van der Waals surface area contributed by atoms with E-state index < -0.39 is 9.35 Å². The predicted octanol–water partition coefficient (Wildman–Crippen LogP) is -0.889. The van der Waals surface area contributed by atoms with Gasteiger partial charge in [0.25, 0.3) is 0 Å². The van der Waals surface area contributed by atoms with E-state index in [2.05, 4.69) is 3.11 Å². The average Bonchev–Trinajstić information content (AvgIpc) is 2.43. The number of hydrogen-bond donors (Lipinski definition) is 1. The first kappa shape index (κ1) is 13.8. The molecule has 1 saturated heterocycles. The van der Waals surface area contributed by atoms with Crippen molar-refractivity contribution in [1.29, 1.82) is 0 Å². The summed E-state index contributed by atoms with van der Waals surface area (Å²) in [5.41, 5.74) is 0. The summed E-state index contributed by atoms with van der Waals surface area (Å²) in [6.07, 6.45) is 10.4. The van der Waals surface area contributed by atoms with Crippen LogP contribution in [0.1, 0.15) is 44.9 Å². The molecule has 0 spiro atoms. The third-order valence-corrected chi connectivity index (χ3v) is 9.95. The molecule has 0 radical (unpaired) electrons. The van der Waals surface area contributed by atoms with Gasteiger partial charge in [-0.25, -0.2) is 4.21 Å². The number of fused-ring (bicyclic) bond motifs is 3. The van der Waals surface area contributed by atoms with Gasteiger partial charge in [-0.15, -0.1) is 0 Å². The highest BCUT2D eigenvalue weighted by Crippen LogP contribution is 2.49. The smallest absolute Gasteiger partial charge is 0.301 e. The monoisotopic (exact) mass is 386 g/mol. The standard InChI is InChI=1S/C13H24INO2S/c1-18(16,17)9-15(14)13-11-7-3-2-5-10(11)6-4-8-12(13)18/h10-14H,2-9H2,1H3/p+1. The van der Waals surface area contributed by atoms with Crippen molar-refractivity contribution in [3.63, 3.8) is 0 Å². The Morgan fingerprint density at radius 3 is 2.61 bits per heavy atom. The van der Waals surface area contributed by atoms with Gasteiger partial charge < -0.3 is 4.55 Å². The van der Waals surface area contributed by atoms with E-state index in [-0.39, 0.29) is 5.25 Å². The van der Waals surface area contributed by atoms with Crippen molar-refractivity contribution >= 4 is 9.35 Å². The van der Waals surface area contributed by atoms with Crippen LogP contribution in [0.2, 0.25) is 0 Å². The molecule has 1 aliphatic heterocycles. The minimum atomic E-state index is -3.41. The Bertz CT molecular complexity index is 408. The number of rotatable bonds is 0. The second kappa shape index (κ2) is 4.40. The molecule has 3 rings (SSSR count). The van der Waals surface area contributed by atoms with E-state index in [1.54, 1.807) is 6.26 Å². The van der Waals surface area contributed by atoms with Gasteiger partial charge in [0.1, 0.15) is 5.88 Å². The van der Waals surface area contributed by atoms with Gasteiger partial charge in [-0.3, -0.25) is 0 Å². The van der Waals surface area contributed by atoms with Crippen molar-refractivity contribution in [3.8, 4) is 0 Å². The zero-order valence-electron chi connectivity index (χ0n) is 11.1. The maximum atomic E-state index is 12.9. The second-order valence-corrected chi connectivity index (χ2v) is 12.1. The first-order chi connectivity index (χ1) is 8.37. The Balaban J connectivity index is 1.96. The normalized spacial score (nSPS) is 49.4. The van der Waals surface area contributed by atoms with E-state index in [1.165, 1.54) is 32.1 Å². The molecule has 2 aliphatic carbocycles. The van der Waals surface area contributed by atoms with Gasteiger partial charge in [-0.1, -0.05) is 35.2 Å². The highest BCUT2D eigenvalue weighted by molar-refractivity contribution is 8.15. The summed E-state index contributed by atoms with van der Waals surface area (Å²) in [5.74, 6) is 1.90. The van der Waals surface area contributed by atoms with Crippen LogP contribution in [0.3, 0.4) is 0 Å². The largest absolute Gasteiger partial charge is 0.372 e. The van der Waals surface area contributed by atoms with Gasteiger partial charge in [0.05, 0.1) is 11.3 Å². The van der Waals surface area contributed by atoms with Crippen LogP contribution < -0.4 is 22.9 Å². The molecule has 1 N–H and O–H groups in total. The quantitative estimate of drug-likeness (QED) is 0.434. The van der Waals surface area contributed by atoms with Crippen LogP contribution in [0.5, 0.6) is 0 Å². The SMILES string of the molecule is CS1(=O)(O)CN([IH+])C2C3CCCCC3CCCC21. The Morgan fingerprint density at radius 2 is 1.83 bits per heavy atom. The molecular weight excluding hydrogens is 361 g/mol. The van der Waals surface area contributed by atoms with E-state index in [0.717, 1.165) is 18.8 Å². The molecular formula is C13H25INO2S+. The van der Waals surface area contributed by atoms with Crippen LogP contribution in [0.4, 0.5) is 0 Å². The molecule has 3 nitrogen and oxygen atoms in total. The summed E-state index contributed by atoms with van der Waals surface area (Å²) in [4.78, 5) is 0. The molecule has 0 aromatic rings. The summed E-state index contributed by atoms with van der Waals surface area (Å²) in [5, 5.41) is 0.0304. The fraction of sp³-hybridized carbons (Fsp3) is 1.00. The molecule has 5 heteroatoms. The highest BCUT2D eigenvalue weighted by Gasteiger charge is 2.57. The molecule has 4 atom stereocenters. The van der Waals surface area contributed by atoms with Gasteiger partial charge in [-0.05, 0) is 24.7 Å². The van der Waals surface area contributed by atoms with Crippen LogP contribution in [0.15, 0.2) is 0 Å². The van der Waals surface area contributed by atoms with Gasteiger partial charge in [0.2, 0.25) is 0 Å². The molecule has 3 aliphatic rings. The molecule has 2 saturated carbocycles. The molecule has 1 heterocycles. The minimum absolute atomic E-state index is 0.0304. The van der Waals surface area contributed by atoms with E-state index in [4.69, 9.17) is 0 Å². The van der Waals surface area contributed by atoms with Crippen LogP contribution in [0, 0.1) is 11.8 Å². The third kappa shape index (κ3) is 2.19. The number of halogens is 1. The Labute approximate surface area is 124 Å². The maximum absolute atomic E-state index is 12.9. The number of nitrogens with zero attached hydrogens (tertiary/aromatic N) is 1. The van der Waals surface area contributed by atoms with E-state index in [1.807, 2.05) is 22.9 Å². The lowest BCUT2D eigenvalue weighted by atomic mass is 9.74. The summed E-state index contributed by atoms with van der Waals surface area (Å²) in [7, 11) is -3.41. The van der Waals surface area contributed by atoms with Crippen molar-refractivity contribution in [1.82, 2.24) is 3.11 Å². The van der Waals surface area contributed by atoms with Crippen LogP contribution in [-0.4, -0.2) is 35.3 Å². The maximum Gasteiger partial charge on any atom is 0.372 e. The highest BCUT2D eigenvalue weighted by atomic mass is 127. The van der Waals surface area contributed by atoms with Crippen molar-refractivity contribution < 1.29 is 31.6 Å². The van der Waals surface area contributed by atoms with Crippen LogP contribution in [-0.2, 0) is 9.35 Å². The van der Waals surface area contributed by atoms with Crippen molar-refractivity contribution in [2.45, 2.75) is 56.2 Å². The first-order valence-electron chi connectivity index (χ1n) is 7.17. The molecule has 4 unspecified atom stereocenters. The van der Waals surface area contributed by atoms with Crippen LogP contribution in [0.25, 0.3) is 0 Å². The van der Waals surface area contributed by atoms with Crippen molar-refractivity contribution in [3.05, 3.63) is 0 Å². The summed E-state index contributed by atoms with van der Waals surface area (Å²) >= 11 is 1.98. The summed E-state index contributed by atoms with van der Waals surface area (Å²) in [6, 6.07) is 0.372. The van der Waals surface area contributed by atoms with E-state index in [0.29, 0.717) is 17.8 Å². The fourth-order valence-electron chi connectivity index (χ4n) is 4.62. The fourth-order valence-corrected chi connectivity index (χ4v) is 10.7. The Hall–Kier alpha value is 0.800. The van der Waals surface area contributed by atoms with Gasteiger partial charge in [-0.2, -0.15) is 9.35 Å². The number of hydrogen-bond acceptors (Lipinski definition) is 2. The molecule has 0 bridgehead atoms. The van der Waals surface area contributed by atoms with Gasteiger partial charge in [0.15, 0.2) is 0 Å². The zero-order valence-corrected chi connectivity index (χ0v) is 14.2. The lowest BCUT2D eigenvalue weighted by Gasteiger charge is -2.41. The average molecular weight is 386 g/mol. The lowest BCUT2D eigenvalue weighted by Crippen LogP contribution is -3.42. The van der Waals surface area contributed by atoms with E-state index in [9.17, 15) is 8.76 Å². The van der Waals surface area contributed by atoms with Crippen LogP contribution >= 0.6 is 0 Å². The first-order valence-corrected chi connectivity index (χ1v) is 10.8. The third-order valence-electron chi connectivity index (χ3n) is 5.40. The van der Waals surface area contributed by atoms with Gasteiger partial charge in [0, 0.05) is 6.26 Å². The Kier molecular flexibility index (Phi) is 3.36. The Morgan fingerprint density at radius 1 is 1.17 bits per heavy atom. The van der Waals surface area contributed by atoms with Gasteiger partial charge >= 0.3 is 22.9 Å². The molecule has 106 valence electrons. The molecule has 3 fully saturated rings. The predicted molar refractivity (Wildman–Crippen MR) is 71.7 cm³/mol. The van der Waals surface area contributed by atoms with E-state index >= 15 is 0 Å². The molecule has 18 heavy (non-hydrogen) atoms. The van der Waals surface area contributed by atoms with Crippen molar-refractivity contribution in [2.24, 2.45) is 11.8 Å². The summed E-state index contributed by atoms with van der Waals surface area (Å²) < 4.78 is 25.8. The molecule has 0 aromatic heterocycles. The minimum Gasteiger partial charge on any atom is -0.301 e. The lowest BCUT2D eigenvalue weighted by molar-refractivity contribution is -0.581. The zero-order chi connectivity index (χ0) is 13.0. The second-order valence-electron chi connectivity index (χ2n) is 6.78. The molecule has 0 amide bonds. The van der Waals surface area contributed by atoms with Crippen molar-refractivity contribution in [2.75, 3.05) is 12.1 Å². The summed E-state index contributed by atoms with van der Waals surface area (Å²) in [6.45, 7) is 0.